The van der Waals surface area contributed by atoms with Crippen LogP contribution in [0.25, 0.3) is 0 Å². The van der Waals surface area contributed by atoms with Crippen LogP contribution in [0.1, 0.15) is 39.3 Å². The van der Waals surface area contributed by atoms with Crippen LogP contribution in [-0.2, 0) is 0 Å². The van der Waals surface area contributed by atoms with E-state index in [2.05, 4.69) is 45.1 Å². The van der Waals surface area contributed by atoms with Crippen molar-refractivity contribution in [3.05, 3.63) is 29.8 Å². The predicted molar refractivity (Wildman–Crippen MR) is 81.6 cm³/mol. The van der Waals surface area contributed by atoms with Gasteiger partial charge in [-0.1, -0.05) is 39.8 Å². The van der Waals surface area contributed by atoms with E-state index in [1.165, 1.54) is 5.56 Å². The quantitative estimate of drug-likeness (QED) is 0.845. The Morgan fingerprint density at radius 1 is 1.22 bits per heavy atom. The first-order chi connectivity index (χ1) is 8.46. The summed E-state index contributed by atoms with van der Waals surface area (Å²) in [5, 5.41) is 3.55. The molecule has 1 N–H and O–H groups in total. The van der Waals surface area contributed by atoms with Gasteiger partial charge in [0, 0.05) is 16.5 Å². The maximum atomic E-state index is 5.20. The van der Waals surface area contributed by atoms with E-state index in [9.17, 15) is 0 Å². The molecule has 0 spiro atoms. The third-order valence-electron chi connectivity index (χ3n) is 2.65. The molecule has 0 aromatic heterocycles. The first-order valence-electron chi connectivity index (χ1n) is 6.47. The first-order valence-corrected chi connectivity index (χ1v) is 7.46. The maximum absolute atomic E-state index is 5.20. The lowest BCUT2D eigenvalue weighted by molar-refractivity contribution is 0.414. The lowest BCUT2D eigenvalue weighted by Crippen LogP contribution is -2.25. The van der Waals surface area contributed by atoms with Crippen LogP contribution in [0.15, 0.2) is 24.3 Å². The molecule has 0 saturated carbocycles. The first kappa shape index (κ1) is 15.4. The van der Waals surface area contributed by atoms with Gasteiger partial charge in [-0.15, -0.1) is 0 Å². The van der Waals surface area contributed by atoms with Gasteiger partial charge in [0.1, 0.15) is 5.75 Å². The van der Waals surface area contributed by atoms with Gasteiger partial charge in [-0.25, -0.2) is 0 Å². The van der Waals surface area contributed by atoms with E-state index in [1.807, 2.05) is 23.9 Å². The van der Waals surface area contributed by atoms with E-state index in [0.29, 0.717) is 10.8 Å². The van der Waals surface area contributed by atoms with E-state index in [-0.39, 0.29) is 0 Å². The normalized spacial score (nSPS) is 13.4. The van der Waals surface area contributed by atoms with Gasteiger partial charge in [0.2, 0.25) is 0 Å². The molecular formula is C15H25NOS. The maximum Gasteiger partial charge on any atom is 0.118 e. The predicted octanol–water partition coefficient (Wildman–Crippen LogP) is 3.88. The summed E-state index contributed by atoms with van der Waals surface area (Å²) >= 11 is 1.99. The summed E-state index contributed by atoms with van der Waals surface area (Å²) in [6.07, 6.45) is 0. The Hall–Kier alpha value is -0.670. The summed E-state index contributed by atoms with van der Waals surface area (Å²) in [4.78, 5) is 0. The van der Waals surface area contributed by atoms with Crippen molar-refractivity contribution < 1.29 is 4.74 Å². The van der Waals surface area contributed by atoms with Crippen LogP contribution >= 0.6 is 11.8 Å². The number of methoxy groups -OCH3 is 1. The van der Waals surface area contributed by atoms with Crippen LogP contribution < -0.4 is 10.1 Å². The molecule has 1 aromatic carbocycles. The summed E-state index contributed by atoms with van der Waals surface area (Å²) < 4.78 is 5.50. The molecule has 1 unspecified atom stereocenters. The molecule has 18 heavy (non-hydrogen) atoms. The number of thioether (sulfide) groups is 1. The highest BCUT2D eigenvalue weighted by atomic mass is 32.2. The highest BCUT2D eigenvalue weighted by Crippen LogP contribution is 2.29. The molecule has 0 aliphatic heterocycles. The van der Waals surface area contributed by atoms with Crippen molar-refractivity contribution in [2.45, 2.75) is 38.5 Å². The van der Waals surface area contributed by atoms with Crippen molar-refractivity contribution in [1.29, 1.82) is 0 Å². The summed E-state index contributed by atoms with van der Waals surface area (Å²) in [6.45, 7) is 9.91. The SMILES string of the molecule is CCNC(CSC(C)(C)C)c1ccc(OC)cc1. The van der Waals surface area contributed by atoms with Gasteiger partial charge in [-0.2, -0.15) is 11.8 Å². The van der Waals surface area contributed by atoms with Crippen molar-refractivity contribution in [3.8, 4) is 5.75 Å². The molecule has 0 aliphatic carbocycles. The van der Waals surface area contributed by atoms with E-state index in [0.717, 1.165) is 18.0 Å². The Kier molecular flexibility index (Phi) is 6.03. The zero-order valence-electron chi connectivity index (χ0n) is 12.1. The van der Waals surface area contributed by atoms with Crippen molar-refractivity contribution in [3.63, 3.8) is 0 Å². The molecule has 0 radical (unpaired) electrons. The van der Waals surface area contributed by atoms with Gasteiger partial charge in [-0.3, -0.25) is 0 Å². The Bertz CT molecular complexity index is 343. The van der Waals surface area contributed by atoms with Gasteiger partial charge >= 0.3 is 0 Å². The lowest BCUT2D eigenvalue weighted by Gasteiger charge is -2.24. The van der Waals surface area contributed by atoms with Crippen molar-refractivity contribution in [2.24, 2.45) is 0 Å². The van der Waals surface area contributed by atoms with Crippen molar-refractivity contribution in [1.82, 2.24) is 5.32 Å². The van der Waals surface area contributed by atoms with Crippen LogP contribution in [0, 0.1) is 0 Å². The van der Waals surface area contributed by atoms with E-state index in [4.69, 9.17) is 4.74 Å². The summed E-state index contributed by atoms with van der Waals surface area (Å²) in [5.74, 6) is 2.00. The molecule has 0 aliphatic rings. The van der Waals surface area contributed by atoms with Crippen LogP contribution in [0.3, 0.4) is 0 Å². The number of nitrogens with one attached hydrogen (secondary N) is 1. The second-order valence-corrected chi connectivity index (χ2v) is 7.15. The second-order valence-electron chi connectivity index (χ2n) is 5.31. The van der Waals surface area contributed by atoms with E-state index < -0.39 is 0 Å². The summed E-state index contributed by atoms with van der Waals surface area (Å²) in [5.41, 5.74) is 1.33. The van der Waals surface area contributed by atoms with Crippen LogP contribution in [-0.4, -0.2) is 24.2 Å². The van der Waals surface area contributed by atoms with Gasteiger partial charge in [0.25, 0.3) is 0 Å². The molecule has 0 fully saturated rings. The zero-order valence-corrected chi connectivity index (χ0v) is 12.9. The molecule has 1 aromatic rings. The number of rotatable bonds is 6. The molecule has 1 atom stereocenters. The fourth-order valence-corrected chi connectivity index (χ4v) is 2.67. The fraction of sp³-hybridized carbons (Fsp3) is 0.600. The summed E-state index contributed by atoms with van der Waals surface area (Å²) in [6, 6.07) is 8.76. The third-order valence-corrected chi connectivity index (χ3v) is 4.02. The summed E-state index contributed by atoms with van der Waals surface area (Å²) in [7, 11) is 1.70. The average molecular weight is 267 g/mol. The molecule has 102 valence electrons. The molecule has 0 saturated heterocycles. The van der Waals surface area contributed by atoms with Gasteiger partial charge in [0.05, 0.1) is 7.11 Å². The average Bonchev–Trinajstić information content (AvgIpc) is 2.33. The Balaban J connectivity index is 2.70. The van der Waals surface area contributed by atoms with Gasteiger partial charge in [-0.05, 0) is 24.2 Å². The van der Waals surface area contributed by atoms with E-state index >= 15 is 0 Å². The Morgan fingerprint density at radius 3 is 2.28 bits per heavy atom. The third kappa shape index (κ3) is 5.32. The number of hydrogen-bond donors (Lipinski definition) is 1. The van der Waals surface area contributed by atoms with Crippen LogP contribution in [0.5, 0.6) is 5.75 Å². The molecule has 0 heterocycles. The minimum atomic E-state index is 0.306. The fourth-order valence-electron chi connectivity index (χ4n) is 1.69. The lowest BCUT2D eigenvalue weighted by atomic mass is 10.1. The van der Waals surface area contributed by atoms with Crippen molar-refractivity contribution in [2.75, 3.05) is 19.4 Å². The molecule has 0 bridgehead atoms. The molecule has 2 nitrogen and oxygen atoms in total. The second kappa shape index (κ2) is 7.05. The van der Waals surface area contributed by atoms with Gasteiger partial charge < -0.3 is 10.1 Å². The zero-order chi connectivity index (χ0) is 13.6. The van der Waals surface area contributed by atoms with Crippen LogP contribution in [0.2, 0.25) is 0 Å². The van der Waals surface area contributed by atoms with Crippen molar-refractivity contribution >= 4 is 11.8 Å². The minimum absolute atomic E-state index is 0.306. The number of ether oxygens (including phenoxy) is 1. The molecule has 0 amide bonds. The number of benzene rings is 1. The van der Waals surface area contributed by atoms with Crippen LogP contribution in [0.4, 0.5) is 0 Å². The standard InChI is InChI=1S/C15H25NOS/c1-6-16-14(11-18-15(2,3)4)12-7-9-13(17-5)10-8-12/h7-10,14,16H,6,11H2,1-5H3. The highest BCUT2D eigenvalue weighted by Gasteiger charge is 2.16. The van der Waals surface area contributed by atoms with E-state index in [1.54, 1.807) is 7.11 Å². The minimum Gasteiger partial charge on any atom is -0.497 e. The monoisotopic (exact) mass is 267 g/mol. The smallest absolute Gasteiger partial charge is 0.118 e. The highest BCUT2D eigenvalue weighted by molar-refractivity contribution is 8.00. The number of hydrogen-bond acceptors (Lipinski definition) is 3. The largest absolute Gasteiger partial charge is 0.497 e. The van der Waals surface area contributed by atoms with Gasteiger partial charge in [0.15, 0.2) is 0 Å². The Labute approximate surface area is 116 Å². The molecular weight excluding hydrogens is 242 g/mol. The topological polar surface area (TPSA) is 21.3 Å². The molecule has 1 rings (SSSR count). The Morgan fingerprint density at radius 2 is 1.83 bits per heavy atom. The molecule has 3 heteroatoms.